The van der Waals surface area contributed by atoms with E-state index in [1.807, 2.05) is 0 Å². The van der Waals surface area contributed by atoms with Gasteiger partial charge < -0.3 is 5.32 Å². The van der Waals surface area contributed by atoms with Gasteiger partial charge in [-0.3, -0.25) is 4.79 Å². The predicted octanol–water partition coefficient (Wildman–Crippen LogP) is 3.10. The number of amides is 1. The van der Waals surface area contributed by atoms with Crippen LogP contribution in [-0.4, -0.2) is 14.3 Å². The predicted molar refractivity (Wildman–Crippen MR) is 71.3 cm³/mol. The second-order valence-electron chi connectivity index (χ2n) is 4.66. The second kappa shape index (κ2) is 4.57. The van der Waals surface area contributed by atoms with Gasteiger partial charge in [-0.15, -0.1) is 0 Å². The van der Waals surface area contributed by atoms with Crippen LogP contribution >= 0.6 is 0 Å². The Bertz CT molecular complexity index is 888. The minimum Gasteiger partial charge on any atom is -0.321 e. The number of para-hydroxylation sites is 1. The van der Waals surface area contributed by atoms with Gasteiger partial charge in [0.05, 0.1) is 26.6 Å². The highest BCUT2D eigenvalue weighted by molar-refractivity contribution is 7.91. The molecule has 0 atom stereocenters. The molecule has 1 heterocycles. The first kappa shape index (κ1) is 14.6. The number of sulfone groups is 1. The third kappa shape index (κ3) is 2.16. The molecule has 114 valence electrons. The summed E-state index contributed by atoms with van der Waals surface area (Å²) in [6, 6.07) is 7.61. The lowest BCUT2D eigenvalue weighted by Crippen LogP contribution is -2.14. The van der Waals surface area contributed by atoms with E-state index in [0.29, 0.717) is 12.1 Å². The van der Waals surface area contributed by atoms with E-state index in [0.717, 1.165) is 6.07 Å². The van der Waals surface area contributed by atoms with Crippen molar-refractivity contribution < 1.29 is 26.4 Å². The molecule has 0 aromatic heterocycles. The van der Waals surface area contributed by atoms with Crippen molar-refractivity contribution in [2.45, 2.75) is 16.0 Å². The first-order chi connectivity index (χ1) is 10.2. The minimum absolute atomic E-state index is 0.0391. The molecule has 0 radical (unpaired) electrons. The standard InChI is InChI=1S/C14H8F3NO3S/c15-14(16,17)8-5-6-9-12(7-8)22(20,21)11-4-2-1-3-10(11)18-13(9)19/h1-7H,(H,18,19). The van der Waals surface area contributed by atoms with Crippen molar-refractivity contribution in [1.82, 2.24) is 0 Å². The second-order valence-corrected chi connectivity index (χ2v) is 6.55. The molecule has 1 amide bonds. The van der Waals surface area contributed by atoms with Crippen molar-refractivity contribution in [1.29, 1.82) is 0 Å². The summed E-state index contributed by atoms with van der Waals surface area (Å²) in [6.07, 6.45) is -4.70. The average Bonchev–Trinajstić information content (AvgIpc) is 2.53. The van der Waals surface area contributed by atoms with Crippen LogP contribution in [0.1, 0.15) is 15.9 Å². The number of anilines is 1. The summed E-state index contributed by atoms with van der Waals surface area (Å²) >= 11 is 0. The fraction of sp³-hybridized carbons (Fsp3) is 0.0714. The molecule has 1 aliphatic heterocycles. The van der Waals surface area contributed by atoms with E-state index in [2.05, 4.69) is 5.32 Å². The van der Waals surface area contributed by atoms with Crippen molar-refractivity contribution in [2.24, 2.45) is 0 Å². The number of halogens is 3. The molecule has 0 saturated heterocycles. The average molecular weight is 327 g/mol. The highest BCUT2D eigenvalue weighted by atomic mass is 32.2. The van der Waals surface area contributed by atoms with Crippen molar-refractivity contribution in [3.63, 3.8) is 0 Å². The van der Waals surface area contributed by atoms with Crippen LogP contribution in [-0.2, 0) is 16.0 Å². The number of benzene rings is 2. The third-order valence-corrected chi connectivity index (χ3v) is 5.12. The quantitative estimate of drug-likeness (QED) is 0.809. The molecule has 1 N–H and O–H groups in total. The molecule has 1 aliphatic rings. The number of rotatable bonds is 0. The Kier molecular flexibility index (Phi) is 3.03. The number of hydrogen-bond donors (Lipinski definition) is 1. The minimum atomic E-state index is -4.70. The van der Waals surface area contributed by atoms with Gasteiger partial charge in [0, 0.05) is 0 Å². The fourth-order valence-corrected chi connectivity index (χ4v) is 3.86. The van der Waals surface area contributed by atoms with E-state index in [-0.39, 0.29) is 16.1 Å². The first-order valence-electron chi connectivity index (χ1n) is 6.08. The third-order valence-electron chi connectivity index (χ3n) is 3.27. The summed E-state index contributed by atoms with van der Waals surface area (Å²) in [7, 11) is -4.24. The Morgan fingerprint density at radius 3 is 2.32 bits per heavy atom. The van der Waals surface area contributed by atoms with Gasteiger partial charge in [0.25, 0.3) is 5.91 Å². The Morgan fingerprint density at radius 2 is 1.64 bits per heavy atom. The molecule has 4 nitrogen and oxygen atoms in total. The van der Waals surface area contributed by atoms with Gasteiger partial charge in [-0.2, -0.15) is 13.2 Å². The van der Waals surface area contributed by atoms with Crippen LogP contribution in [0.5, 0.6) is 0 Å². The van der Waals surface area contributed by atoms with Gasteiger partial charge >= 0.3 is 6.18 Å². The Hall–Kier alpha value is -2.35. The van der Waals surface area contributed by atoms with Gasteiger partial charge in [-0.25, -0.2) is 8.42 Å². The highest BCUT2D eigenvalue weighted by Crippen LogP contribution is 2.37. The summed E-state index contributed by atoms with van der Waals surface area (Å²) in [6.45, 7) is 0. The lowest BCUT2D eigenvalue weighted by Gasteiger charge is -2.10. The molecule has 0 fully saturated rings. The number of alkyl halides is 3. The van der Waals surface area contributed by atoms with Crippen LogP contribution in [0.25, 0.3) is 0 Å². The van der Waals surface area contributed by atoms with Crippen LogP contribution in [0, 0.1) is 0 Å². The molecule has 2 aromatic carbocycles. The number of fused-ring (bicyclic) bond motifs is 2. The molecule has 8 heteroatoms. The molecule has 0 spiro atoms. The van der Waals surface area contributed by atoms with Crippen LogP contribution in [0.15, 0.2) is 52.3 Å². The van der Waals surface area contributed by atoms with E-state index in [1.165, 1.54) is 24.3 Å². The Balaban J connectivity index is 2.35. The van der Waals surface area contributed by atoms with E-state index in [4.69, 9.17) is 0 Å². The van der Waals surface area contributed by atoms with Crippen molar-refractivity contribution in [3.8, 4) is 0 Å². The number of hydrogen-bond acceptors (Lipinski definition) is 3. The van der Waals surface area contributed by atoms with E-state index in [9.17, 15) is 26.4 Å². The number of carbonyl (C=O) groups is 1. The summed E-state index contributed by atoms with van der Waals surface area (Å²) < 4.78 is 63.6. The summed E-state index contributed by atoms with van der Waals surface area (Å²) in [5.74, 6) is -0.766. The molecule has 3 rings (SSSR count). The fourth-order valence-electron chi connectivity index (χ4n) is 2.22. The van der Waals surface area contributed by atoms with Crippen LogP contribution in [0.3, 0.4) is 0 Å². The molecule has 0 bridgehead atoms. The monoisotopic (exact) mass is 327 g/mol. The molecule has 0 saturated carbocycles. The Morgan fingerprint density at radius 1 is 0.955 bits per heavy atom. The molecule has 0 unspecified atom stereocenters. The van der Waals surface area contributed by atoms with Crippen molar-refractivity contribution in [3.05, 3.63) is 53.6 Å². The first-order valence-corrected chi connectivity index (χ1v) is 7.56. The van der Waals surface area contributed by atoms with Crippen LogP contribution < -0.4 is 5.32 Å². The van der Waals surface area contributed by atoms with Gasteiger partial charge in [0.2, 0.25) is 9.84 Å². The zero-order chi connectivity index (χ0) is 16.1. The maximum atomic E-state index is 12.8. The molecule has 2 aromatic rings. The number of carbonyl (C=O) groups excluding carboxylic acids is 1. The van der Waals surface area contributed by atoms with Crippen LogP contribution in [0.2, 0.25) is 0 Å². The lowest BCUT2D eigenvalue weighted by molar-refractivity contribution is -0.137. The van der Waals surface area contributed by atoms with Gasteiger partial charge in [0.1, 0.15) is 0 Å². The van der Waals surface area contributed by atoms with Gasteiger partial charge in [-0.1, -0.05) is 12.1 Å². The zero-order valence-corrected chi connectivity index (χ0v) is 11.6. The van der Waals surface area contributed by atoms with Gasteiger partial charge in [0.15, 0.2) is 0 Å². The number of nitrogens with one attached hydrogen (secondary N) is 1. The van der Waals surface area contributed by atoms with Crippen molar-refractivity contribution >= 4 is 21.4 Å². The maximum Gasteiger partial charge on any atom is 0.416 e. The summed E-state index contributed by atoms with van der Waals surface area (Å²) in [5.41, 5.74) is -1.40. The molecular weight excluding hydrogens is 319 g/mol. The van der Waals surface area contributed by atoms with E-state index < -0.39 is 32.4 Å². The van der Waals surface area contributed by atoms with Crippen molar-refractivity contribution in [2.75, 3.05) is 5.32 Å². The van der Waals surface area contributed by atoms with Gasteiger partial charge in [-0.05, 0) is 30.3 Å². The highest BCUT2D eigenvalue weighted by Gasteiger charge is 2.36. The molecular formula is C14H8F3NO3S. The summed E-state index contributed by atoms with van der Waals surface area (Å²) in [5, 5.41) is 2.39. The largest absolute Gasteiger partial charge is 0.416 e. The smallest absolute Gasteiger partial charge is 0.321 e. The topological polar surface area (TPSA) is 63.2 Å². The molecule has 22 heavy (non-hydrogen) atoms. The Labute approximate surface area is 123 Å². The summed E-state index contributed by atoms with van der Waals surface area (Å²) in [4.78, 5) is 11.2. The maximum absolute atomic E-state index is 12.8. The van der Waals surface area contributed by atoms with Crippen LogP contribution in [0.4, 0.5) is 18.9 Å². The molecule has 0 aliphatic carbocycles. The zero-order valence-electron chi connectivity index (χ0n) is 10.8. The SMILES string of the molecule is O=C1Nc2ccccc2S(=O)(=O)c2cc(C(F)(F)F)ccc21. The normalized spacial score (nSPS) is 16.2. The lowest BCUT2D eigenvalue weighted by atomic mass is 10.1. The van der Waals surface area contributed by atoms with E-state index in [1.54, 1.807) is 0 Å². The van der Waals surface area contributed by atoms with E-state index >= 15 is 0 Å².